The van der Waals surface area contributed by atoms with Crippen LogP contribution in [0.2, 0.25) is 0 Å². The first-order chi connectivity index (χ1) is 6.74. The van der Waals surface area contributed by atoms with Crippen LogP contribution in [0.1, 0.15) is 25.8 Å². The Morgan fingerprint density at radius 3 is 2.43 bits per heavy atom. The molecule has 1 aromatic carbocycles. The van der Waals surface area contributed by atoms with Gasteiger partial charge in [-0.25, -0.2) is 0 Å². The van der Waals surface area contributed by atoms with Crippen LogP contribution < -0.4 is 0 Å². The summed E-state index contributed by atoms with van der Waals surface area (Å²) in [6.45, 7) is 4.31. The van der Waals surface area contributed by atoms with Crippen molar-refractivity contribution >= 4 is 28.2 Å². The van der Waals surface area contributed by atoms with Crippen molar-refractivity contribution in [2.24, 2.45) is 0 Å². The quantitative estimate of drug-likeness (QED) is 0.554. The second-order valence-electron chi connectivity index (χ2n) is 3.18. The maximum atomic E-state index is 2.37. The first-order valence-electron chi connectivity index (χ1n) is 4.82. The highest BCUT2D eigenvalue weighted by Gasteiger charge is 1.91. The number of hydrogen-bond donors (Lipinski definition) is 0. The molecule has 1 aromatic rings. The van der Waals surface area contributed by atoms with Gasteiger partial charge in [-0.2, -0.15) is 0 Å². The number of rotatable bonds is 3. The Labute approximate surface area is 99.9 Å². The van der Waals surface area contributed by atoms with Crippen molar-refractivity contribution in [2.45, 2.75) is 20.3 Å². The molecule has 0 atom stereocenters. The van der Waals surface area contributed by atoms with Gasteiger partial charge in [0.15, 0.2) is 0 Å². The van der Waals surface area contributed by atoms with Crippen LogP contribution >= 0.6 is 22.6 Å². The Balaban J connectivity index is 2.81. The van der Waals surface area contributed by atoms with E-state index >= 15 is 0 Å². The average Bonchev–Trinajstić information content (AvgIpc) is 2.26. The lowest BCUT2D eigenvalue weighted by Gasteiger charge is -1.99. The normalized spacial score (nSPS) is 13.1. The predicted molar refractivity (Wildman–Crippen MR) is 72.5 cm³/mol. The molecule has 0 bridgehead atoms. The van der Waals surface area contributed by atoms with Crippen LogP contribution in [0.3, 0.4) is 0 Å². The lowest BCUT2D eigenvalue weighted by atomic mass is 10.1. The Morgan fingerprint density at radius 2 is 1.86 bits per heavy atom. The van der Waals surface area contributed by atoms with Crippen molar-refractivity contribution in [1.29, 1.82) is 0 Å². The molecule has 14 heavy (non-hydrogen) atoms. The second-order valence-corrected chi connectivity index (χ2v) is 4.57. The molecule has 0 saturated carbocycles. The highest BCUT2D eigenvalue weighted by atomic mass is 127. The van der Waals surface area contributed by atoms with Gasteiger partial charge in [0.2, 0.25) is 0 Å². The van der Waals surface area contributed by atoms with Gasteiger partial charge in [0.05, 0.1) is 0 Å². The molecule has 0 aromatic heterocycles. The lowest BCUT2D eigenvalue weighted by molar-refractivity contribution is 1.21. The van der Waals surface area contributed by atoms with Gasteiger partial charge >= 0.3 is 0 Å². The molecule has 0 amide bonds. The van der Waals surface area contributed by atoms with E-state index in [-0.39, 0.29) is 0 Å². The van der Waals surface area contributed by atoms with E-state index in [4.69, 9.17) is 0 Å². The molecule has 0 unspecified atom stereocenters. The molecule has 0 aliphatic rings. The minimum atomic E-state index is 1.11. The summed E-state index contributed by atoms with van der Waals surface area (Å²) >= 11 is 2.37. The molecule has 0 saturated heterocycles. The standard InChI is InChI=1S/C13H15I/c1-3-13(14)10-9-11(2)12-7-5-4-6-8-12/h4-10H,3H2,1-2H3/b11-9+,13-10+. The molecule has 0 heterocycles. The Kier molecular flexibility index (Phi) is 4.94. The van der Waals surface area contributed by atoms with Crippen LogP contribution in [0.4, 0.5) is 0 Å². The fourth-order valence-electron chi connectivity index (χ4n) is 1.13. The zero-order valence-electron chi connectivity index (χ0n) is 8.63. The van der Waals surface area contributed by atoms with E-state index in [2.05, 4.69) is 72.9 Å². The zero-order valence-corrected chi connectivity index (χ0v) is 10.8. The third kappa shape index (κ3) is 3.66. The van der Waals surface area contributed by atoms with E-state index in [1.165, 1.54) is 14.7 Å². The van der Waals surface area contributed by atoms with Crippen molar-refractivity contribution in [1.82, 2.24) is 0 Å². The molecule has 0 aliphatic carbocycles. The second kappa shape index (κ2) is 6.02. The number of hydrogen-bond acceptors (Lipinski definition) is 0. The van der Waals surface area contributed by atoms with Gasteiger partial charge in [0, 0.05) is 0 Å². The topological polar surface area (TPSA) is 0 Å². The predicted octanol–water partition coefficient (Wildman–Crippen LogP) is 4.82. The number of halogens is 1. The first-order valence-corrected chi connectivity index (χ1v) is 5.90. The Hall–Kier alpha value is -0.570. The summed E-state index contributed by atoms with van der Waals surface area (Å²) in [5.74, 6) is 0. The maximum absolute atomic E-state index is 2.37. The summed E-state index contributed by atoms with van der Waals surface area (Å²) in [6, 6.07) is 10.5. The summed E-state index contributed by atoms with van der Waals surface area (Å²) in [6.07, 6.45) is 5.47. The summed E-state index contributed by atoms with van der Waals surface area (Å²) in [7, 11) is 0. The Morgan fingerprint density at radius 1 is 1.21 bits per heavy atom. The van der Waals surface area contributed by atoms with Gasteiger partial charge < -0.3 is 0 Å². The molecule has 1 heteroatoms. The zero-order chi connectivity index (χ0) is 10.4. The van der Waals surface area contributed by atoms with Gasteiger partial charge in [-0.3, -0.25) is 0 Å². The van der Waals surface area contributed by atoms with Crippen molar-refractivity contribution in [3.8, 4) is 0 Å². The SMILES string of the molecule is CC/C(I)=C\C=C(/C)c1ccccc1. The smallest absolute Gasteiger partial charge is 0.00967 e. The van der Waals surface area contributed by atoms with E-state index in [0.717, 1.165) is 6.42 Å². The summed E-state index contributed by atoms with van der Waals surface area (Å²) < 4.78 is 1.39. The number of allylic oxidation sites excluding steroid dienone is 4. The highest BCUT2D eigenvalue weighted by molar-refractivity contribution is 14.1. The van der Waals surface area contributed by atoms with Gasteiger partial charge in [-0.1, -0.05) is 49.4 Å². The van der Waals surface area contributed by atoms with Crippen LogP contribution in [-0.2, 0) is 0 Å². The maximum Gasteiger partial charge on any atom is -0.00967 e. The molecule has 0 nitrogen and oxygen atoms in total. The van der Waals surface area contributed by atoms with Crippen molar-refractivity contribution < 1.29 is 0 Å². The van der Waals surface area contributed by atoms with Crippen LogP contribution in [0.5, 0.6) is 0 Å². The molecular weight excluding hydrogens is 283 g/mol. The van der Waals surface area contributed by atoms with Crippen molar-refractivity contribution in [3.05, 3.63) is 51.6 Å². The molecule has 0 aliphatic heterocycles. The monoisotopic (exact) mass is 298 g/mol. The van der Waals surface area contributed by atoms with Gasteiger partial charge in [0.25, 0.3) is 0 Å². The fraction of sp³-hybridized carbons (Fsp3) is 0.231. The summed E-state index contributed by atoms with van der Waals surface area (Å²) in [5.41, 5.74) is 2.61. The molecular formula is C13H15I. The van der Waals surface area contributed by atoms with Crippen LogP contribution in [0, 0.1) is 0 Å². The molecule has 0 radical (unpaired) electrons. The lowest BCUT2D eigenvalue weighted by Crippen LogP contribution is -1.76. The Bertz CT molecular complexity index is 334. The molecule has 0 N–H and O–H groups in total. The number of benzene rings is 1. The summed E-state index contributed by atoms with van der Waals surface area (Å²) in [4.78, 5) is 0. The van der Waals surface area contributed by atoms with E-state index in [1.807, 2.05) is 6.07 Å². The van der Waals surface area contributed by atoms with Crippen LogP contribution in [0.25, 0.3) is 5.57 Å². The van der Waals surface area contributed by atoms with Crippen LogP contribution in [-0.4, -0.2) is 0 Å². The minimum Gasteiger partial charge on any atom is -0.0622 e. The third-order valence-electron chi connectivity index (χ3n) is 2.08. The van der Waals surface area contributed by atoms with Gasteiger partial charge in [-0.05, 0) is 50.7 Å². The largest absolute Gasteiger partial charge is 0.0622 e. The van der Waals surface area contributed by atoms with E-state index in [1.54, 1.807) is 0 Å². The molecule has 0 fully saturated rings. The minimum absolute atomic E-state index is 1.11. The molecule has 74 valence electrons. The van der Waals surface area contributed by atoms with Crippen molar-refractivity contribution in [2.75, 3.05) is 0 Å². The first kappa shape index (κ1) is 11.5. The van der Waals surface area contributed by atoms with E-state index < -0.39 is 0 Å². The molecule has 0 spiro atoms. The van der Waals surface area contributed by atoms with Crippen LogP contribution in [0.15, 0.2) is 46.1 Å². The van der Waals surface area contributed by atoms with E-state index in [9.17, 15) is 0 Å². The average molecular weight is 298 g/mol. The summed E-state index contributed by atoms with van der Waals surface area (Å²) in [5, 5.41) is 0. The van der Waals surface area contributed by atoms with Gasteiger partial charge in [0.1, 0.15) is 0 Å². The fourth-order valence-corrected chi connectivity index (χ4v) is 1.31. The van der Waals surface area contributed by atoms with Gasteiger partial charge in [-0.15, -0.1) is 0 Å². The molecule has 1 rings (SSSR count). The van der Waals surface area contributed by atoms with E-state index in [0.29, 0.717) is 0 Å². The highest BCUT2D eigenvalue weighted by Crippen LogP contribution is 2.15. The third-order valence-corrected chi connectivity index (χ3v) is 3.20. The van der Waals surface area contributed by atoms with Crippen molar-refractivity contribution in [3.63, 3.8) is 0 Å².